The third-order valence-corrected chi connectivity index (χ3v) is 4.85. The van der Waals surface area contributed by atoms with Crippen LogP contribution in [0.4, 0.5) is 8.78 Å². The van der Waals surface area contributed by atoms with Crippen LogP contribution in [-0.2, 0) is 6.54 Å². The maximum atomic E-state index is 15.4. The number of piperidine rings is 1. The molecule has 7 heteroatoms. The van der Waals surface area contributed by atoms with Crippen molar-refractivity contribution >= 4 is 17.5 Å². The number of aryl methyl sites for hydroxylation is 1. The Balaban J connectivity index is 1.61. The summed E-state index contributed by atoms with van der Waals surface area (Å²) in [5, 5.41) is 2.47. The van der Waals surface area contributed by atoms with E-state index in [1.54, 1.807) is 12.3 Å². The van der Waals surface area contributed by atoms with E-state index in [0.717, 1.165) is 11.6 Å². The van der Waals surface area contributed by atoms with Gasteiger partial charge in [-0.15, -0.1) is 0 Å². The molecule has 1 fully saturated rings. The lowest BCUT2D eigenvalue weighted by molar-refractivity contribution is 0.0434. The van der Waals surface area contributed by atoms with Crippen LogP contribution >= 0.6 is 11.6 Å². The van der Waals surface area contributed by atoms with Crippen molar-refractivity contribution in [1.29, 1.82) is 0 Å². The number of aromatic nitrogens is 1. The molecule has 144 valence electrons. The summed E-state index contributed by atoms with van der Waals surface area (Å²) in [4.78, 5) is 18.2. The number of pyridine rings is 1. The molecule has 1 amide bonds. The second-order valence-corrected chi connectivity index (χ2v) is 7.10. The van der Waals surface area contributed by atoms with Crippen LogP contribution in [0.2, 0.25) is 5.02 Å². The Hall–Kier alpha value is -2.05. The van der Waals surface area contributed by atoms with E-state index in [-0.39, 0.29) is 49.0 Å². The molecule has 0 radical (unpaired) electrons. The molecule has 0 saturated carbocycles. The molecule has 2 heterocycles. The number of halogens is 3. The average molecular weight is 396 g/mol. The molecule has 1 aliphatic rings. The van der Waals surface area contributed by atoms with Crippen LogP contribution in [0.25, 0.3) is 0 Å². The molecule has 3 rings (SSSR count). The number of hydrogen-bond acceptors (Lipinski definition) is 3. The number of carbonyl (C=O) groups is 1. The average Bonchev–Trinajstić information content (AvgIpc) is 2.69. The molecule has 1 aromatic heterocycles. The van der Waals surface area contributed by atoms with Gasteiger partial charge in [0.2, 0.25) is 0 Å². The Kier molecular flexibility index (Phi) is 5.26. The Morgan fingerprint density at radius 1 is 1.37 bits per heavy atom. The van der Waals surface area contributed by atoms with Gasteiger partial charge in [0.25, 0.3) is 5.91 Å². The summed E-state index contributed by atoms with van der Waals surface area (Å²) in [6.07, 6.45) is 1.35. The third kappa shape index (κ3) is 5.02. The largest absolute Gasteiger partial charge is 0.338 e. The number of likely N-dealkylation sites (tertiary alicyclic amines) is 1. The number of amides is 1. The first-order valence-electron chi connectivity index (χ1n) is 9.71. The van der Waals surface area contributed by atoms with E-state index < -0.39 is 18.0 Å². The minimum Gasteiger partial charge on any atom is -0.338 e. The van der Waals surface area contributed by atoms with E-state index in [2.05, 4.69) is 10.3 Å². The van der Waals surface area contributed by atoms with E-state index in [9.17, 15) is 9.18 Å². The normalized spacial score (nSPS) is 18.0. The SMILES string of the molecule is [2H]C([2H])(NCc1ccc(C)cn1)C1(F)CCN(C(=O)c2ccc(F)c(Cl)c2)CC1. The molecule has 0 aliphatic carbocycles. The Labute approximate surface area is 165 Å². The summed E-state index contributed by atoms with van der Waals surface area (Å²) in [6.45, 7) is -0.193. The van der Waals surface area contributed by atoms with E-state index in [1.807, 2.05) is 13.0 Å². The number of alkyl halides is 1. The van der Waals surface area contributed by atoms with Crippen molar-refractivity contribution in [2.75, 3.05) is 19.6 Å². The van der Waals surface area contributed by atoms with Gasteiger partial charge in [0.1, 0.15) is 11.5 Å². The molecular formula is C20H22ClF2N3O. The summed E-state index contributed by atoms with van der Waals surface area (Å²) < 4.78 is 45.1. The smallest absolute Gasteiger partial charge is 0.253 e. The Morgan fingerprint density at radius 3 is 2.74 bits per heavy atom. The highest BCUT2D eigenvalue weighted by atomic mass is 35.5. The molecule has 1 saturated heterocycles. The van der Waals surface area contributed by atoms with Crippen molar-refractivity contribution in [2.45, 2.75) is 32.0 Å². The molecule has 0 unspecified atom stereocenters. The van der Waals surface area contributed by atoms with Crippen LogP contribution in [0.5, 0.6) is 0 Å². The van der Waals surface area contributed by atoms with Gasteiger partial charge in [-0.2, -0.15) is 0 Å². The summed E-state index contributed by atoms with van der Waals surface area (Å²) >= 11 is 5.73. The van der Waals surface area contributed by atoms with Gasteiger partial charge in [-0.05, 0) is 36.8 Å². The van der Waals surface area contributed by atoms with Gasteiger partial charge >= 0.3 is 0 Å². The molecule has 1 aromatic carbocycles. The molecule has 1 N–H and O–H groups in total. The van der Waals surface area contributed by atoms with Gasteiger partial charge in [0.15, 0.2) is 0 Å². The summed E-state index contributed by atoms with van der Waals surface area (Å²) in [5.41, 5.74) is -0.314. The fraction of sp³-hybridized carbons (Fsp3) is 0.400. The van der Waals surface area contributed by atoms with Crippen LogP contribution in [0, 0.1) is 12.7 Å². The van der Waals surface area contributed by atoms with Crippen molar-refractivity contribution in [3.05, 3.63) is 64.2 Å². The molecule has 2 aromatic rings. The number of nitrogens with one attached hydrogen (secondary N) is 1. The molecule has 0 spiro atoms. The molecular weight excluding hydrogens is 372 g/mol. The fourth-order valence-corrected chi connectivity index (χ4v) is 3.08. The highest BCUT2D eigenvalue weighted by Crippen LogP contribution is 2.27. The van der Waals surface area contributed by atoms with Crippen molar-refractivity contribution in [3.8, 4) is 0 Å². The zero-order valence-electron chi connectivity index (χ0n) is 16.9. The minimum atomic E-state index is -2.28. The topological polar surface area (TPSA) is 45.2 Å². The summed E-state index contributed by atoms with van der Waals surface area (Å²) in [6, 6.07) is 7.30. The first-order chi connectivity index (χ1) is 13.6. The van der Waals surface area contributed by atoms with Crippen LogP contribution in [0.15, 0.2) is 36.5 Å². The fourth-order valence-electron chi connectivity index (χ4n) is 2.90. The van der Waals surface area contributed by atoms with Gasteiger partial charge in [0, 0.05) is 53.5 Å². The quantitative estimate of drug-likeness (QED) is 0.834. The lowest BCUT2D eigenvalue weighted by Gasteiger charge is -2.36. The van der Waals surface area contributed by atoms with Gasteiger partial charge < -0.3 is 10.2 Å². The maximum Gasteiger partial charge on any atom is 0.253 e. The second-order valence-electron chi connectivity index (χ2n) is 6.69. The summed E-state index contributed by atoms with van der Waals surface area (Å²) in [5.74, 6) is -1.00. The molecule has 4 nitrogen and oxygen atoms in total. The maximum absolute atomic E-state index is 15.4. The summed E-state index contributed by atoms with van der Waals surface area (Å²) in [7, 11) is 0. The second kappa shape index (κ2) is 8.31. The van der Waals surface area contributed by atoms with E-state index in [4.69, 9.17) is 14.3 Å². The highest BCUT2D eigenvalue weighted by Gasteiger charge is 2.35. The number of rotatable bonds is 5. The predicted molar refractivity (Wildman–Crippen MR) is 101 cm³/mol. The Morgan fingerprint density at radius 2 is 2.11 bits per heavy atom. The molecule has 1 aliphatic heterocycles. The van der Waals surface area contributed by atoms with E-state index in [1.165, 1.54) is 17.0 Å². The third-order valence-electron chi connectivity index (χ3n) is 4.56. The Bertz CT molecular complexity index is 888. The lowest BCUT2D eigenvalue weighted by Crippen LogP contribution is -2.48. The van der Waals surface area contributed by atoms with Gasteiger partial charge in [-0.25, -0.2) is 8.78 Å². The minimum absolute atomic E-state index is 0.0499. The van der Waals surface area contributed by atoms with Gasteiger partial charge in [0.05, 0.1) is 10.7 Å². The van der Waals surface area contributed by atoms with Crippen molar-refractivity contribution < 1.29 is 16.3 Å². The highest BCUT2D eigenvalue weighted by molar-refractivity contribution is 6.31. The van der Waals surface area contributed by atoms with Gasteiger partial charge in [-0.3, -0.25) is 9.78 Å². The first-order valence-corrected chi connectivity index (χ1v) is 9.09. The number of nitrogens with zero attached hydrogens (tertiary/aromatic N) is 2. The first kappa shape index (κ1) is 17.1. The van der Waals surface area contributed by atoms with Crippen molar-refractivity contribution in [3.63, 3.8) is 0 Å². The van der Waals surface area contributed by atoms with Crippen LogP contribution < -0.4 is 5.32 Å². The van der Waals surface area contributed by atoms with Crippen LogP contribution in [0.1, 0.15) is 37.2 Å². The number of hydrogen-bond donors (Lipinski definition) is 1. The molecule has 0 atom stereocenters. The van der Waals surface area contributed by atoms with Crippen molar-refractivity contribution in [2.24, 2.45) is 0 Å². The zero-order chi connectivity index (χ0) is 21.2. The zero-order valence-corrected chi connectivity index (χ0v) is 15.7. The van der Waals surface area contributed by atoms with Crippen molar-refractivity contribution in [1.82, 2.24) is 15.2 Å². The van der Waals surface area contributed by atoms with E-state index in [0.29, 0.717) is 5.69 Å². The monoisotopic (exact) mass is 395 g/mol. The standard InChI is InChI=1S/C20H22ClF2N3O/c1-14-2-4-16(25-11-14)12-24-13-20(23)6-8-26(9-7-20)19(27)15-3-5-18(22)17(21)10-15/h2-5,10-11,24H,6-9,12-13H2,1H3/i13D2. The molecule has 0 bridgehead atoms. The molecule has 27 heavy (non-hydrogen) atoms. The van der Waals surface area contributed by atoms with Crippen LogP contribution in [-0.4, -0.2) is 41.0 Å². The van der Waals surface area contributed by atoms with E-state index >= 15 is 4.39 Å². The predicted octanol–water partition coefficient (Wildman–Crippen LogP) is 3.92. The lowest BCUT2D eigenvalue weighted by atomic mass is 9.92. The number of benzene rings is 1. The van der Waals surface area contributed by atoms with Gasteiger partial charge in [-0.1, -0.05) is 17.7 Å². The number of carbonyl (C=O) groups excluding carboxylic acids is 1. The van der Waals surface area contributed by atoms with Crippen LogP contribution in [0.3, 0.4) is 0 Å².